The second-order valence-electron chi connectivity index (χ2n) is 5.41. The minimum absolute atomic E-state index is 0.0822. The highest BCUT2D eigenvalue weighted by molar-refractivity contribution is 6.39. The normalized spacial score (nSPS) is 36.4. The van der Waals surface area contributed by atoms with Crippen molar-refractivity contribution in [2.45, 2.75) is 44.2 Å². The molecule has 5 heteroatoms. The average Bonchev–Trinajstić information content (AvgIpc) is 3.02. The summed E-state index contributed by atoms with van der Waals surface area (Å²) < 4.78 is 0. The fourth-order valence-electron chi connectivity index (χ4n) is 2.99. The summed E-state index contributed by atoms with van der Waals surface area (Å²) in [6.07, 6.45) is 3.82. The molecule has 2 atom stereocenters. The third-order valence-electron chi connectivity index (χ3n) is 4.10. The summed E-state index contributed by atoms with van der Waals surface area (Å²) in [5.74, 6) is 0.0822. The molecule has 0 radical (unpaired) electrons. The number of hydrogen-bond acceptors (Lipinski definition) is 4. The maximum absolute atomic E-state index is 12.3. The van der Waals surface area contributed by atoms with Crippen LogP contribution in [0.1, 0.15) is 32.6 Å². The van der Waals surface area contributed by atoms with Crippen LogP contribution in [0.5, 0.6) is 0 Å². The van der Waals surface area contributed by atoms with E-state index >= 15 is 0 Å². The van der Waals surface area contributed by atoms with Crippen molar-refractivity contribution in [1.82, 2.24) is 10.2 Å². The van der Waals surface area contributed by atoms with Gasteiger partial charge in [0.05, 0.1) is 0 Å². The highest BCUT2D eigenvalue weighted by Gasteiger charge is 2.45. The summed E-state index contributed by atoms with van der Waals surface area (Å²) in [5, 5.41) is 7.30. The van der Waals surface area contributed by atoms with Gasteiger partial charge in [-0.15, -0.1) is 0 Å². The zero-order chi connectivity index (χ0) is 11.9. The molecule has 1 spiro atoms. The Balaban J connectivity index is 1.67. The lowest BCUT2D eigenvalue weighted by molar-refractivity contribution is -0.124. The van der Waals surface area contributed by atoms with Crippen LogP contribution in [0.15, 0.2) is 5.16 Å². The Kier molecular flexibility index (Phi) is 2.58. The quantitative estimate of drug-likeness (QED) is 0.723. The third-order valence-corrected chi connectivity index (χ3v) is 4.10. The molecular weight excluding hydrogens is 218 g/mol. The van der Waals surface area contributed by atoms with E-state index < -0.39 is 0 Å². The van der Waals surface area contributed by atoms with Crippen molar-refractivity contribution in [1.29, 1.82) is 0 Å². The van der Waals surface area contributed by atoms with Crippen molar-refractivity contribution in [3.05, 3.63) is 0 Å². The van der Waals surface area contributed by atoms with Crippen molar-refractivity contribution < 1.29 is 9.63 Å². The van der Waals surface area contributed by atoms with Crippen LogP contribution < -0.4 is 5.32 Å². The average molecular weight is 237 g/mol. The van der Waals surface area contributed by atoms with Gasteiger partial charge in [-0.3, -0.25) is 4.79 Å². The monoisotopic (exact) mass is 237 g/mol. The summed E-state index contributed by atoms with van der Waals surface area (Å²) in [5.41, 5.74) is 0.385. The lowest BCUT2D eigenvalue weighted by Crippen LogP contribution is -2.40. The molecule has 0 aromatic heterocycles. The van der Waals surface area contributed by atoms with Crippen LogP contribution in [-0.2, 0) is 9.63 Å². The van der Waals surface area contributed by atoms with Gasteiger partial charge in [0.25, 0.3) is 5.91 Å². The van der Waals surface area contributed by atoms with Gasteiger partial charge < -0.3 is 15.1 Å². The number of likely N-dealkylation sites (tertiary alicyclic amines) is 1. The van der Waals surface area contributed by atoms with E-state index in [1.807, 2.05) is 4.90 Å². The summed E-state index contributed by atoms with van der Waals surface area (Å²) in [6.45, 7) is 4.73. The summed E-state index contributed by atoms with van der Waals surface area (Å²) >= 11 is 0. The molecule has 1 amide bonds. The molecule has 0 aromatic rings. The minimum Gasteiger partial charge on any atom is -0.387 e. The first kappa shape index (κ1) is 11.0. The van der Waals surface area contributed by atoms with Gasteiger partial charge in [0.1, 0.15) is 5.71 Å². The largest absolute Gasteiger partial charge is 0.387 e. The van der Waals surface area contributed by atoms with Gasteiger partial charge in [0, 0.05) is 32.0 Å². The molecule has 3 rings (SSSR count). The molecule has 3 heterocycles. The van der Waals surface area contributed by atoms with E-state index in [0.717, 1.165) is 38.9 Å². The fourth-order valence-corrected chi connectivity index (χ4v) is 2.99. The number of nitrogens with zero attached hydrogens (tertiary/aromatic N) is 2. The maximum Gasteiger partial charge on any atom is 0.272 e. The second kappa shape index (κ2) is 3.98. The molecular formula is C12H19N3O2. The summed E-state index contributed by atoms with van der Waals surface area (Å²) in [6, 6.07) is 0.350. The predicted octanol–water partition coefficient (Wildman–Crippen LogP) is 0.506. The highest BCUT2D eigenvalue weighted by Crippen LogP contribution is 2.31. The lowest BCUT2D eigenvalue weighted by atomic mass is 9.96. The van der Waals surface area contributed by atoms with Gasteiger partial charge in [-0.2, -0.15) is 0 Å². The van der Waals surface area contributed by atoms with Crippen LogP contribution in [0, 0.1) is 0 Å². The van der Waals surface area contributed by atoms with Crippen LogP contribution in [0.4, 0.5) is 0 Å². The van der Waals surface area contributed by atoms with Gasteiger partial charge in [0.2, 0.25) is 0 Å². The number of nitrogens with one attached hydrogen (secondary N) is 1. The van der Waals surface area contributed by atoms with E-state index in [4.69, 9.17) is 4.84 Å². The van der Waals surface area contributed by atoms with Crippen LogP contribution in [0.3, 0.4) is 0 Å². The summed E-state index contributed by atoms with van der Waals surface area (Å²) in [7, 11) is 0. The molecule has 5 nitrogen and oxygen atoms in total. The Labute approximate surface area is 101 Å². The van der Waals surface area contributed by atoms with Gasteiger partial charge >= 0.3 is 0 Å². The molecule has 0 saturated carbocycles. The van der Waals surface area contributed by atoms with Gasteiger partial charge in [-0.1, -0.05) is 5.16 Å². The Hall–Kier alpha value is -1.10. The first-order chi connectivity index (χ1) is 8.20. The number of carbonyl (C=O) groups is 1. The van der Waals surface area contributed by atoms with Crippen LogP contribution in [-0.4, -0.2) is 47.8 Å². The molecule has 17 heavy (non-hydrogen) atoms. The molecule has 1 N–H and O–H groups in total. The van der Waals surface area contributed by atoms with E-state index in [1.165, 1.54) is 0 Å². The van der Waals surface area contributed by atoms with Crippen molar-refractivity contribution in [3.63, 3.8) is 0 Å². The standard InChI is InChI=1S/C12H19N3O2/c1-9-3-2-6-15(9)11(16)10-7-12(17-14-10)4-5-13-8-12/h9,13H,2-8H2,1H3. The van der Waals surface area contributed by atoms with Gasteiger partial charge in [-0.05, 0) is 26.3 Å². The van der Waals surface area contributed by atoms with Crippen molar-refractivity contribution in [2.75, 3.05) is 19.6 Å². The first-order valence-corrected chi connectivity index (χ1v) is 6.47. The highest BCUT2D eigenvalue weighted by atomic mass is 16.7. The van der Waals surface area contributed by atoms with E-state index in [0.29, 0.717) is 18.2 Å². The smallest absolute Gasteiger partial charge is 0.272 e. The lowest BCUT2D eigenvalue weighted by Gasteiger charge is -2.22. The third kappa shape index (κ3) is 1.82. The van der Waals surface area contributed by atoms with E-state index in [9.17, 15) is 4.79 Å². The number of amides is 1. The number of hydrogen-bond donors (Lipinski definition) is 1. The molecule has 2 saturated heterocycles. The van der Waals surface area contributed by atoms with E-state index in [2.05, 4.69) is 17.4 Å². The Bertz CT molecular complexity index is 361. The molecule has 94 valence electrons. The Morgan fingerprint density at radius 1 is 1.65 bits per heavy atom. The van der Waals surface area contributed by atoms with Crippen LogP contribution >= 0.6 is 0 Å². The zero-order valence-electron chi connectivity index (χ0n) is 10.2. The Morgan fingerprint density at radius 2 is 2.53 bits per heavy atom. The van der Waals surface area contributed by atoms with E-state index in [-0.39, 0.29) is 11.5 Å². The predicted molar refractivity (Wildman–Crippen MR) is 63.8 cm³/mol. The fraction of sp³-hybridized carbons (Fsp3) is 0.833. The molecule has 3 aliphatic rings. The molecule has 0 bridgehead atoms. The maximum atomic E-state index is 12.3. The molecule has 0 aromatic carbocycles. The number of rotatable bonds is 1. The van der Waals surface area contributed by atoms with Gasteiger partial charge in [-0.25, -0.2) is 0 Å². The number of carbonyl (C=O) groups excluding carboxylic acids is 1. The van der Waals surface area contributed by atoms with Gasteiger partial charge in [0.15, 0.2) is 5.60 Å². The molecule has 0 aliphatic carbocycles. The molecule has 2 unspecified atom stereocenters. The van der Waals surface area contributed by atoms with Crippen LogP contribution in [0.25, 0.3) is 0 Å². The van der Waals surface area contributed by atoms with Crippen LogP contribution in [0.2, 0.25) is 0 Å². The summed E-state index contributed by atoms with van der Waals surface area (Å²) in [4.78, 5) is 19.7. The first-order valence-electron chi connectivity index (χ1n) is 6.47. The van der Waals surface area contributed by atoms with Crippen molar-refractivity contribution in [2.24, 2.45) is 5.16 Å². The zero-order valence-corrected chi connectivity index (χ0v) is 10.2. The SMILES string of the molecule is CC1CCCN1C(=O)C1=NOC2(CCNC2)C1. The van der Waals surface area contributed by atoms with Crippen molar-refractivity contribution in [3.8, 4) is 0 Å². The topological polar surface area (TPSA) is 53.9 Å². The second-order valence-corrected chi connectivity index (χ2v) is 5.41. The minimum atomic E-state index is -0.228. The number of oxime groups is 1. The molecule has 2 fully saturated rings. The van der Waals surface area contributed by atoms with Crippen molar-refractivity contribution >= 4 is 11.6 Å². The Morgan fingerprint density at radius 3 is 3.18 bits per heavy atom. The molecule has 3 aliphatic heterocycles. The van der Waals surface area contributed by atoms with E-state index in [1.54, 1.807) is 0 Å².